The molecule has 1 saturated heterocycles. The molecule has 1 aromatic heterocycles. The number of likely N-dealkylation sites (tertiary alicyclic amines) is 1. The quantitative estimate of drug-likeness (QED) is 0.847. The van der Waals surface area contributed by atoms with Gasteiger partial charge in [0.1, 0.15) is 5.76 Å². The van der Waals surface area contributed by atoms with E-state index in [1.54, 1.807) is 0 Å². The molecule has 106 valence electrons. The third-order valence-corrected chi connectivity index (χ3v) is 4.16. The van der Waals surface area contributed by atoms with Crippen LogP contribution in [-0.2, 0) is 6.54 Å². The van der Waals surface area contributed by atoms with E-state index in [-0.39, 0.29) is 0 Å². The Balaban J connectivity index is 1.73. The summed E-state index contributed by atoms with van der Waals surface area (Å²) in [5.41, 5.74) is 2.13. The fourth-order valence-electron chi connectivity index (χ4n) is 2.71. The Morgan fingerprint density at radius 3 is 2.60 bits per heavy atom. The Bertz CT molecular complexity index is 554. The van der Waals surface area contributed by atoms with Gasteiger partial charge in [0.15, 0.2) is 0 Å². The van der Waals surface area contributed by atoms with E-state index in [1.807, 2.05) is 37.3 Å². The molecule has 1 fully saturated rings. The molecule has 0 atom stereocenters. The first-order valence-corrected chi connectivity index (χ1v) is 7.46. The predicted molar refractivity (Wildman–Crippen MR) is 80.4 cm³/mol. The Kier molecular flexibility index (Phi) is 3.88. The maximum absolute atomic E-state index is 5.83. The van der Waals surface area contributed by atoms with Gasteiger partial charge in [-0.2, -0.15) is 0 Å². The van der Waals surface area contributed by atoms with Crippen molar-refractivity contribution in [1.29, 1.82) is 0 Å². The second-order valence-electron chi connectivity index (χ2n) is 5.85. The molecule has 0 amide bonds. The van der Waals surface area contributed by atoms with Gasteiger partial charge in [0.25, 0.3) is 0 Å². The van der Waals surface area contributed by atoms with Crippen LogP contribution < -0.4 is 0 Å². The average Bonchev–Trinajstić information content (AvgIpc) is 2.84. The molecule has 0 spiro atoms. The van der Waals surface area contributed by atoms with E-state index in [2.05, 4.69) is 16.8 Å². The van der Waals surface area contributed by atoms with Crippen LogP contribution in [-0.4, -0.2) is 23.0 Å². The first kappa shape index (κ1) is 13.4. The zero-order valence-electron chi connectivity index (χ0n) is 12.3. The minimum atomic E-state index is 0.739. The van der Waals surface area contributed by atoms with Crippen LogP contribution in [0.3, 0.4) is 0 Å². The van der Waals surface area contributed by atoms with Crippen molar-refractivity contribution < 1.29 is 4.42 Å². The number of rotatable bonds is 3. The maximum Gasteiger partial charge on any atom is 0.226 e. The highest BCUT2D eigenvalue weighted by Gasteiger charge is 2.19. The van der Waals surface area contributed by atoms with E-state index in [9.17, 15) is 0 Å². The SMILES string of the molecule is Cc1oc(-c2ccccc2)nc1CN1CCC(C)CC1. The van der Waals surface area contributed by atoms with Crippen molar-refractivity contribution in [3.05, 3.63) is 41.8 Å². The first-order chi connectivity index (χ1) is 9.72. The molecule has 0 N–H and O–H groups in total. The summed E-state index contributed by atoms with van der Waals surface area (Å²) in [6.07, 6.45) is 2.59. The van der Waals surface area contributed by atoms with Gasteiger partial charge in [-0.05, 0) is 50.9 Å². The summed E-state index contributed by atoms with van der Waals surface area (Å²) in [6, 6.07) is 10.1. The molecular weight excluding hydrogens is 248 g/mol. The third kappa shape index (κ3) is 2.93. The number of piperidine rings is 1. The van der Waals surface area contributed by atoms with E-state index in [0.717, 1.165) is 35.4 Å². The third-order valence-electron chi connectivity index (χ3n) is 4.16. The summed E-state index contributed by atoms with van der Waals surface area (Å²) in [4.78, 5) is 7.17. The van der Waals surface area contributed by atoms with Crippen LogP contribution in [0.5, 0.6) is 0 Å². The molecule has 2 heterocycles. The predicted octanol–water partition coefficient (Wildman–Crippen LogP) is 3.88. The van der Waals surface area contributed by atoms with Crippen molar-refractivity contribution >= 4 is 0 Å². The van der Waals surface area contributed by atoms with Crippen LogP contribution in [0, 0.1) is 12.8 Å². The van der Waals surface area contributed by atoms with Crippen LogP contribution in [0.4, 0.5) is 0 Å². The van der Waals surface area contributed by atoms with Gasteiger partial charge in [0, 0.05) is 12.1 Å². The van der Waals surface area contributed by atoms with Crippen LogP contribution >= 0.6 is 0 Å². The van der Waals surface area contributed by atoms with E-state index in [4.69, 9.17) is 4.42 Å². The van der Waals surface area contributed by atoms with Gasteiger partial charge in [-0.15, -0.1) is 0 Å². The standard InChI is InChI=1S/C17H22N2O/c1-13-8-10-19(11-9-13)12-16-14(2)20-17(18-16)15-6-4-3-5-7-15/h3-7,13H,8-12H2,1-2H3. The van der Waals surface area contributed by atoms with E-state index in [0.29, 0.717) is 0 Å². The molecular formula is C17H22N2O. The number of hydrogen-bond donors (Lipinski definition) is 0. The average molecular weight is 270 g/mol. The smallest absolute Gasteiger partial charge is 0.226 e. The molecule has 1 aliphatic heterocycles. The summed E-state index contributed by atoms with van der Waals surface area (Å²) in [5, 5.41) is 0. The van der Waals surface area contributed by atoms with Gasteiger partial charge in [-0.3, -0.25) is 4.90 Å². The highest BCUT2D eigenvalue weighted by atomic mass is 16.4. The summed E-state index contributed by atoms with van der Waals surface area (Å²) < 4.78 is 5.83. The summed E-state index contributed by atoms with van der Waals surface area (Å²) in [5.74, 6) is 2.55. The molecule has 0 radical (unpaired) electrons. The number of oxazole rings is 1. The minimum absolute atomic E-state index is 0.739. The number of nitrogens with zero attached hydrogens (tertiary/aromatic N) is 2. The molecule has 3 rings (SSSR count). The van der Waals surface area contributed by atoms with Crippen LogP contribution in [0.25, 0.3) is 11.5 Å². The molecule has 0 bridgehead atoms. The topological polar surface area (TPSA) is 29.3 Å². The van der Waals surface area contributed by atoms with Crippen molar-refractivity contribution in [1.82, 2.24) is 9.88 Å². The molecule has 0 aliphatic carbocycles. The second kappa shape index (κ2) is 5.80. The van der Waals surface area contributed by atoms with E-state index >= 15 is 0 Å². The molecule has 2 aromatic rings. The fourth-order valence-corrected chi connectivity index (χ4v) is 2.71. The number of hydrogen-bond acceptors (Lipinski definition) is 3. The van der Waals surface area contributed by atoms with Gasteiger partial charge in [-0.1, -0.05) is 25.1 Å². The monoisotopic (exact) mass is 270 g/mol. The lowest BCUT2D eigenvalue weighted by Crippen LogP contribution is -2.32. The second-order valence-corrected chi connectivity index (χ2v) is 5.85. The highest BCUT2D eigenvalue weighted by molar-refractivity contribution is 5.53. The Hall–Kier alpha value is -1.61. The van der Waals surface area contributed by atoms with E-state index < -0.39 is 0 Å². The maximum atomic E-state index is 5.83. The van der Waals surface area contributed by atoms with Gasteiger partial charge < -0.3 is 4.42 Å². The zero-order valence-corrected chi connectivity index (χ0v) is 12.3. The lowest BCUT2D eigenvalue weighted by atomic mass is 9.99. The summed E-state index contributed by atoms with van der Waals surface area (Å²) in [6.45, 7) is 7.62. The van der Waals surface area contributed by atoms with Crippen molar-refractivity contribution in [3.8, 4) is 11.5 Å². The lowest BCUT2D eigenvalue weighted by molar-refractivity contribution is 0.183. The number of aryl methyl sites for hydroxylation is 1. The highest BCUT2D eigenvalue weighted by Crippen LogP contribution is 2.24. The van der Waals surface area contributed by atoms with Crippen molar-refractivity contribution in [2.24, 2.45) is 5.92 Å². The van der Waals surface area contributed by atoms with Crippen molar-refractivity contribution in [3.63, 3.8) is 0 Å². The summed E-state index contributed by atoms with van der Waals surface area (Å²) in [7, 11) is 0. The van der Waals surface area contributed by atoms with Gasteiger partial charge in [0.2, 0.25) is 5.89 Å². The normalized spacial score (nSPS) is 17.5. The molecule has 20 heavy (non-hydrogen) atoms. The Morgan fingerprint density at radius 2 is 1.90 bits per heavy atom. The molecule has 3 heteroatoms. The van der Waals surface area contributed by atoms with Crippen LogP contribution in [0.2, 0.25) is 0 Å². The van der Waals surface area contributed by atoms with Gasteiger partial charge in [-0.25, -0.2) is 4.98 Å². The number of benzene rings is 1. The van der Waals surface area contributed by atoms with Gasteiger partial charge >= 0.3 is 0 Å². The molecule has 0 saturated carbocycles. The Morgan fingerprint density at radius 1 is 1.20 bits per heavy atom. The minimum Gasteiger partial charge on any atom is -0.441 e. The largest absolute Gasteiger partial charge is 0.441 e. The molecule has 3 nitrogen and oxygen atoms in total. The fraction of sp³-hybridized carbons (Fsp3) is 0.471. The molecule has 0 unspecified atom stereocenters. The molecule has 1 aliphatic rings. The zero-order chi connectivity index (χ0) is 13.9. The van der Waals surface area contributed by atoms with E-state index in [1.165, 1.54) is 25.9 Å². The number of aromatic nitrogens is 1. The molecule has 1 aromatic carbocycles. The lowest BCUT2D eigenvalue weighted by Gasteiger charge is -2.29. The van der Waals surface area contributed by atoms with Gasteiger partial charge in [0.05, 0.1) is 5.69 Å². The van der Waals surface area contributed by atoms with Crippen molar-refractivity contribution in [2.75, 3.05) is 13.1 Å². The van der Waals surface area contributed by atoms with Crippen LogP contribution in [0.1, 0.15) is 31.2 Å². The summed E-state index contributed by atoms with van der Waals surface area (Å²) >= 11 is 0. The van der Waals surface area contributed by atoms with Crippen LogP contribution in [0.15, 0.2) is 34.7 Å². The Labute approximate surface area is 120 Å². The first-order valence-electron chi connectivity index (χ1n) is 7.46. The van der Waals surface area contributed by atoms with Crippen molar-refractivity contribution in [2.45, 2.75) is 33.2 Å².